The Hall–Kier alpha value is -6.94. The van der Waals surface area contributed by atoms with Gasteiger partial charge in [0.25, 0.3) is 21.8 Å². The van der Waals surface area contributed by atoms with Gasteiger partial charge in [0, 0.05) is 100 Å². The summed E-state index contributed by atoms with van der Waals surface area (Å²) in [5, 5.41) is 25.7. The molecule has 4 aromatic heterocycles. The molecule has 0 bridgehead atoms. The molecule has 4 fully saturated rings. The smallest absolute Gasteiger partial charge is 0.312 e. The van der Waals surface area contributed by atoms with Crippen molar-refractivity contribution >= 4 is 44.2 Å². The van der Waals surface area contributed by atoms with Crippen LogP contribution in [0.4, 0.5) is 21.6 Å². The first-order valence-corrected chi connectivity index (χ1v) is 27.7. The highest BCUT2D eigenvalue weighted by atomic mass is 32.2. The normalized spacial score (nSPS) is 22.0. The third kappa shape index (κ3) is 11.5. The van der Waals surface area contributed by atoms with Crippen LogP contribution < -0.4 is 29.1 Å². The maximum absolute atomic E-state index is 14.9. The lowest BCUT2D eigenvalue weighted by Crippen LogP contribution is -2.60. The molecule has 1 atom stereocenters. The van der Waals surface area contributed by atoms with E-state index in [2.05, 4.69) is 78.1 Å². The molecule has 1 spiro atoms. The van der Waals surface area contributed by atoms with Crippen molar-refractivity contribution in [1.82, 2.24) is 34.5 Å². The number of nitrogens with zero attached hydrogens (tertiary/aromatic N) is 7. The molecule has 2 aromatic carbocycles. The number of methoxy groups -OCH3 is 2. The van der Waals surface area contributed by atoms with Gasteiger partial charge < -0.3 is 34.5 Å². The molecule has 10 rings (SSSR count). The van der Waals surface area contributed by atoms with Crippen LogP contribution in [0, 0.1) is 27.3 Å². The Kier molecular flexibility index (Phi) is 14.1. The summed E-state index contributed by atoms with van der Waals surface area (Å²) in [6, 6.07) is 19.8. The number of halogens is 1. The Balaban J connectivity index is 0.852. The first kappa shape index (κ1) is 49.6. The number of sulfonamides is 1. The number of nitro groups is 1. The number of amides is 1. The fraction of sp³-hybridized carbons (Fsp3) is 0.464. The number of anilines is 2. The average molecular weight is 1080 g/mol. The van der Waals surface area contributed by atoms with E-state index in [4.69, 9.17) is 18.3 Å². The minimum Gasteiger partial charge on any atom is -0.481 e. The molecule has 4 aliphatic rings. The van der Waals surface area contributed by atoms with Crippen molar-refractivity contribution in [3.63, 3.8) is 0 Å². The summed E-state index contributed by atoms with van der Waals surface area (Å²) < 4.78 is 84.4. The number of fused-ring (bicyclic) bond motifs is 1. The van der Waals surface area contributed by atoms with Crippen LogP contribution in [0.25, 0.3) is 11.0 Å². The maximum atomic E-state index is 14.9. The van der Waals surface area contributed by atoms with Crippen LogP contribution in [0.15, 0.2) is 90.2 Å². The zero-order valence-corrected chi connectivity index (χ0v) is 44.4. The lowest BCUT2D eigenvalue weighted by atomic mass is 9.59. The number of piperidine rings is 1. The van der Waals surface area contributed by atoms with E-state index in [9.17, 15) is 32.8 Å². The van der Waals surface area contributed by atoms with E-state index in [1.54, 1.807) is 31.3 Å². The molecule has 0 radical (unpaired) electrons. The highest BCUT2D eigenvalue weighted by Gasteiger charge is 2.50. The van der Waals surface area contributed by atoms with Crippen LogP contribution in [-0.4, -0.2) is 119 Å². The van der Waals surface area contributed by atoms with Gasteiger partial charge in [-0.05, 0) is 110 Å². The number of aliphatic hydroxyl groups is 1. The molecule has 19 nitrogen and oxygen atoms in total. The monoisotopic (exact) mass is 1080 g/mol. The number of carbonyl (C=O) groups excluding carboxylic acids is 1. The SMILES string of the molecule is [2H]C([2H])([2H])Oc1cc(CN2CCN(C3CC4(CCN(c5ccc(C(=O)NS(=O)(=O)c6cnc(NCC7CCC(C)(O)CC7)c([N+](=O)[O-])c6)c(Oc6cc7c(F)c[nH]c7nc6OC)c5)CC4)C3)[C@H](c3ccccc3C(C)C)C2)ccn1. The molecule has 6 heterocycles. The molecular formula is C56H67FN10O9S. The zero-order chi connectivity index (χ0) is 56.7. The number of rotatable bonds is 17. The Labute approximate surface area is 452 Å². The molecule has 6 aromatic rings. The van der Waals surface area contributed by atoms with E-state index in [0.29, 0.717) is 69.5 Å². The fourth-order valence-electron chi connectivity index (χ4n) is 11.9. The van der Waals surface area contributed by atoms with E-state index in [-0.39, 0.29) is 63.0 Å². The van der Waals surface area contributed by atoms with Crippen molar-refractivity contribution in [2.45, 2.75) is 107 Å². The van der Waals surface area contributed by atoms with Gasteiger partial charge in [-0.15, -0.1) is 0 Å². The Bertz CT molecular complexity index is 3380. The molecule has 77 heavy (non-hydrogen) atoms. The van der Waals surface area contributed by atoms with Crippen molar-refractivity contribution in [1.29, 1.82) is 0 Å². The van der Waals surface area contributed by atoms with Crippen LogP contribution in [0.1, 0.15) is 115 Å². The predicted octanol–water partition coefficient (Wildman–Crippen LogP) is 9.11. The van der Waals surface area contributed by atoms with Gasteiger partial charge in [0.2, 0.25) is 11.7 Å². The number of aromatic amines is 1. The Morgan fingerprint density at radius 2 is 1.79 bits per heavy atom. The number of ether oxygens (including phenoxy) is 3. The van der Waals surface area contributed by atoms with Crippen molar-refractivity contribution in [2.75, 3.05) is 63.6 Å². The standard InChI is InChI=1S/C56H67FN10O9S/c1-35(2)41-8-6-7-9-42(41)47-34-64(33-37-14-19-58-50(24-37)74-4)22-23-66(47)39-28-56(29-39)17-20-65(21-18-56)38-10-11-43(48(25-38)76-49-27-44-45(57)32-61-51(44)62-54(49)75-5)53(68)63-77(72,73)40-26-46(67(70)71)52(60-31-40)59-30-36-12-15-55(3,69)16-13-36/h6-11,14,19,24-27,31-32,35-36,39,47,69H,12-13,15-18,20-23,28-30,33-34H2,1-5H3,(H,59,60)(H,61,62)(H,63,68)/t36?,47-,55?/m0/s1/i4D3. The van der Waals surface area contributed by atoms with Crippen LogP contribution in [0.3, 0.4) is 0 Å². The zero-order valence-electron chi connectivity index (χ0n) is 46.6. The van der Waals surface area contributed by atoms with Gasteiger partial charge in [0.15, 0.2) is 5.75 Å². The Morgan fingerprint density at radius 1 is 1.01 bits per heavy atom. The third-order valence-electron chi connectivity index (χ3n) is 16.3. The first-order chi connectivity index (χ1) is 38.0. The van der Waals surface area contributed by atoms with Crippen LogP contribution in [0.5, 0.6) is 23.3 Å². The second-order valence-corrected chi connectivity index (χ2v) is 23.5. The molecular weight excluding hydrogens is 1010 g/mol. The van der Waals surface area contributed by atoms with Crippen molar-refractivity contribution in [3.8, 4) is 23.3 Å². The molecule has 408 valence electrons. The Morgan fingerprint density at radius 3 is 2.53 bits per heavy atom. The number of hydrogen-bond donors (Lipinski definition) is 4. The van der Waals surface area contributed by atoms with Gasteiger partial charge in [-0.3, -0.25) is 24.7 Å². The van der Waals surface area contributed by atoms with E-state index in [1.807, 2.05) is 10.8 Å². The number of piperazine rings is 1. The molecule has 4 N–H and O–H groups in total. The maximum Gasteiger partial charge on any atom is 0.312 e. The molecule has 2 aliphatic carbocycles. The number of pyridine rings is 3. The second-order valence-electron chi connectivity index (χ2n) is 21.8. The van der Waals surface area contributed by atoms with Crippen molar-refractivity contribution in [2.24, 2.45) is 11.3 Å². The largest absolute Gasteiger partial charge is 0.481 e. The van der Waals surface area contributed by atoms with Gasteiger partial charge in [-0.25, -0.2) is 27.5 Å². The van der Waals surface area contributed by atoms with Crippen molar-refractivity contribution in [3.05, 3.63) is 124 Å². The number of H-pyrrole nitrogens is 1. The second kappa shape index (κ2) is 21.8. The van der Waals surface area contributed by atoms with E-state index in [0.717, 1.165) is 69.3 Å². The summed E-state index contributed by atoms with van der Waals surface area (Å²) in [6.07, 6.45) is 10.1. The summed E-state index contributed by atoms with van der Waals surface area (Å²) in [5.41, 5.74) is 2.98. The summed E-state index contributed by atoms with van der Waals surface area (Å²) >= 11 is 0. The fourth-order valence-corrected chi connectivity index (χ4v) is 12.8. The molecule has 1 amide bonds. The lowest BCUT2D eigenvalue weighted by molar-refractivity contribution is -0.384. The highest BCUT2D eigenvalue weighted by molar-refractivity contribution is 7.90. The van der Waals surface area contributed by atoms with Gasteiger partial charge in [-0.2, -0.15) is 4.98 Å². The van der Waals surface area contributed by atoms with Crippen LogP contribution in [0.2, 0.25) is 0 Å². The summed E-state index contributed by atoms with van der Waals surface area (Å²) in [7, 11) is -6.01. The molecule has 2 aliphatic heterocycles. The van der Waals surface area contributed by atoms with E-state index >= 15 is 0 Å². The van der Waals surface area contributed by atoms with Crippen molar-refractivity contribution < 1.29 is 46.0 Å². The van der Waals surface area contributed by atoms with Gasteiger partial charge in [-0.1, -0.05) is 38.1 Å². The van der Waals surface area contributed by atoms with E-state index in [1.165, 1.54) is 30.4 Å². The van der Waals surface area contributed by atoms with Gasteiger partial charge in [0.05, 0.1) is 45.9 Å². The lowest BCUT2D eigenvalue weighted by Gasteiger charge is -2.58. The third-order valence-corrected chi connectivity index (χ3v) is 17.6. The molecule has 2 saturated carbocycles. The van der Waals surface area contributed by atoms with Gasteiger partial charge in [0.1, 0.15) is 22.1 Å². The van der Waals surface area contributed by atoms with Crippen LogP contribution >= 0.6 is 0 Å². The number of hydrogen-bond acceptors (Lipinski definition) is 16. The molecule has 2 saturated heterocycles. The first-order valence-electron chi connectivity index (χ1n) is 27.7. The summed E-state index contributed by atoms with van der Waals surface area (Å²) in [6.45, 7) is 11.0. The topological polar surface area (TPSA) is 231 Å². The number of nitrogens with one attached hydrogen (secondary N) is 3. The minimum absolute atomic E-state index is 0.0346. The highest BCUT2D eigenvalue weighted by Crippen LogP contribution is 2.53. The van der Waals surface area contributed by atoms with Crippen LogP contribution in [-0.2, 0) is 16.6 Å². The quantitative estimate of drug-likeness (QED) is 0.0493. The van der Waals surface area contributed by atoms with Gasteiger partial charge >= 0.3 is 5.69 Å². The summed E-state index contributed by atoms with van der Waals surface area (Å²) in [5.74, 6) is -1.49. The number of aromatic nitrogens is 4. The molecule has 0 unspecified atom stereocenters. The summed E-state index contributed by atoms with van der Waals surface area (Å²) in [4.78, 5) is 47.7. The predicted molar refractivity (Wildman–Crippen MR) is 289 cm³/mol. The minimum atomic E-state index is -4.77. The average Bonchev–Trinajstić information content (AvgIpc) is 3.91. The van der Waals surface area contributed by atoms with E-state index < -0.39 is 49.9 Å². The number of benzene rings is 2. The number of carbonyl (C=O) groups is 1. The molecule has 21 heteroatoms.